The standard InChI is InChI=1S/C16H29NO3/c18-15(13-16(19)9-4-1-5-10-16)17-11-6-12-20-14-7-2-3-8-14/h14,19H,1-13H2,(H,17,18). The topological polar surface area (TPSA) is 58.6 Å². The van der Waals surface area contributed by atoms with E-state index in [-0.39, 0.29) is 12.3 Å². The third-order valence-electron chi connectivity index (χ3n) is 4.57. The number of carbonyl (C=O) groups excluding carboxylic acids is 1. The van der Waals surface area contributed by atoms with Crippen molar-refractivity contribution < 1.29 is 14.6 Å². The van der Waals surface area contributed by atoms with Gasteiger partial charge in [-0.1, -0.05) is 32.1 Å². The number of rotatable bonds is 7. The van der Waals surface area contributed by atoms with Crippen LogP contribution >= 0.6 is 0 Å². The average Bonchev–Trinajstić information content (AvgIpc) is 2.91. The summed E-state index contributed by atoms with van der Waals surface area (Å²) in [5.41, 5.74) is -0.747. The van der Waals surface area contributed by atoms with Crippen LogP contribution in [-0.2, 0) is 9.53 Å². The maximum atomic E-state index is 11.8. The van der Waals surface area contributed by atoms with Gasteiger partial charge in [-0.25, -0.2) is 0 Å². The average molecular weight is 283 g/mol. The number of aliphatic hydroxyl groups is 1. The zero-order valence-corrected chi connectivity index (χ0v) is 12.5. The van der Waals surface area contributed by atoms with E-state index in [1.165, 1.54) is 32.1 Å². The largest absolute Gasteiger partial charge is 0.389 e. The molecule has 0 unspecified atom stereocenters. The zero-order chi connectivity index (χ0) is 14.3. The molecule has 2 aliphatic rings. The molecule has 20 heavy (non-hydrogen) atoms. The Morgan fingerprint density at radius 2 is 1.85 bits per heavy atom. The summed E-state index contributed by atoms with van der Waals surface area (Å²) in [5.74, 6) is -0.0183. The molecule has 4 heteroatoms. The first kappa shape index (κ1) is 15.8. The lowest BCUT2D eigenvalue weighted by Crippen LogP contribution is -2.38. The number of ether oxygens (including phenoxy) is 1. The van der Waals surface area contributed by atoms with E-state index in [4.69, 9.17) is 4.74 Å². The van der Waals surface area contributed by atoms with E-state index in [0.29, 0.717) is 12.6 Å². The molecule has 0 heterocycles. The molecule has 0 aliphatic heterocycles. The van der Waals surface area contributed by atoms with Crippen molar-refractivity contribution in [3.05, 3.63) is 0 Å². The van der Waals surface area contributed by atoms with Gasteiger partial charge in [0.25, 0.3) is 0 Å². The molecule has 2 N–H and O–H groups in total. The molecule has 0 aromatic heterocycles. The number of hydrogen-bond acceptors (Lipinski definition) is 3. The van der Waals surface area contributed by atoms with Gasteiger partial charge in [0.1, 0.15) is 0 Å². The van der Waals surface area contributed by atoms with Gasteiger partial charge in [-0.05, 0) is 32.1 Å². The van der Waals surface area contributed by atoms with Crippen LogP contribution in [0.2, 0.25) is 0 Å². The van der Waals surface area contributed by atoms with Crippen LogP contribution in [0.15, 0.2) is 0 Å². The van der Waals surface area contributed by atoms with Crippen LogP contribution in [0.1, 0.15) is 70.6 Å². The highest BCUT2D eigenvalue weighted by molar-refractivity contribution is 5.76. The van der Waals surface area contributed by atoms with E-state index >= 15 is 0 Å². The lowest BCUT2D eigenvalue weighted by molar-refractivity contribution is -0.127. The number of carbonyl (C=O) groups is 1. The minimum atomic E-state index is -0.747. The second-order valence-electron chi connectivity index (χ2n) is 6.44. The Morgan fingerprint density at radius 1 is 1.15 bits per heavy atom. The van der Waals surface area contributed by atoms with Crippen LogP contribution < -0.4 is 5.32 Å². The molecule has 1 amide bonds. The first-order valence-corrected chi connectivity index (χ1v) is 8.29. The molecule has 0 atom stereocenters. The Hall–Kier alpha value is -0.610. The summed E-state index contributed by atoms with van der Waals surface area (Å²) in [6, 6.07) is 0. The van der Waals surface area contributed by atoms with Crippen molar-refractivity contribution in [2.45, 2.75) is 82.3 Å². The fourth-order valence-corrected chi connectivity index (χ4v) is 3.35. The van der Waals surface area contributed by atoms with Crippen LogP contribution in [0.3, 0.4) is 0 Å². The van der Waals surface area contributed by atoms with Crippen molar-refractivity contribution in [2.75, 3.05) is 13.2 Å². The minimum absolute atomic E-state index is 0.0183. The summed E-state index contributed by atoms with van der Waals surface area (Å²) in [4.78, 5) is 11.8. The molecule has 2 aliphatic carbocycles. The predicted molar refractivity (Wildman–Crippen MR) is 78.5 cm³/mol. The summed E-state index contributed by atoms with van der Waals surface area (Å²) in [6.07, 6.45) is 11.3. The predicted octanol–water partition coefficient (Wildman–Crippen LogP) is 2.54. The van der Waals surface area contributed by atoms with Crippen molar-refractivity contribution >= 4 is 5.91 Å². The van der Waals surface area contributed by atoms with Gasteiger partial charge in [-0.2, -0.15) is 0 Å². The Balaban J connectivity index is 1.51. The number of hydrogen-bond donors (Lipinski definition) is 2. The molecule has 2 rings (SSSR count). The zero-order valence-electron chi connectivity index (χ0n) is 12.5. The highest BCUT2D eigenvalue weighted by atomic mass is 16.5. The van der Waals surface area contributed by atoms with Crippen LogP contribution in [0, 0.1) is 0 Å². The molecular weight excluding hydrogens is 254 g/mol. The normalized spacial score (nSPS) is 22.9. The molecule has 0 aromatic carbocycles. The fraction of sp³-hybridized carbons (Fsp3) is 0.938. The molecule has 2 fully saturated rings. The molecule has 0 bridgehead atoms. The Kier molecular flexibility index (Phi) is 6.30. The third kappa shape index (κ3) is 5.41. The molecule has 0 spiro atoms. The second-order valence-corrected chi connectivity index (χ2v) is 6.44. The van der Waals surface area contributed by atoms with Crippen molar-refractivity contribution in [2.24, 2.45) is 0 Å². The SMILES string of the molecule is O=C(CC1(O)CCCCC1)NCCCOC1CCCC1. The van der Waals surface area contributed by atoms with Gasteiger partial charge in [0, 0.05) is 13.2 Å². The monoisotopic (exact) mass is 283 g/mol. The lowest BCUT2D eigenvalue weighted by atomic mass is 9.82. The summed E-state index contributed by atoms with van der Waals surface area (Å²) >= 11 is 0. The summed E-state index contributed by atoms with van der Waals surface area (Å²) in [5, 5.41) is 13.2. The number of nitrogens with one attached hydrogen (secondary N) is 1. The van der Waals surface area contributed by atoms with Crippen LogP contribution in [-0.4, -0.2) is 35.9 Å². The summed E-state index contributed by atoms with van der Waals surface area (Å²) in [7, 11) is 0. The Morgan fingerprint density at radius 3 is 2.55 bits per heavy atom. The first-order chi connectivity index (χ1) is 9.68. The fourth-order valence-electron chi connectivity index (χ4n) is 3.35. The van der Waals surface area contributed by atoms with Gasteiger partial charge in [0.15, 0.2) is 0 Å². The minimum Gasteiger partial charge on any atom is -0.389 e. The van der Waals surface area contributed by atoms with E-state index in [1.54, 1.807) is 0 Å². The van der Waals surface area contributed by atoms with Crippen molar-refractivity contribution in [3.8, 4) is 0 Å². The van der Waals surface area contributed by atoms with Crippen molar-refractivity contribution in [3.63, 3.8) is 0 Å². The molecule has 0 aromatic rings. The molecule has 2 saturated carbocycles. The van der Waals surface area contributed by atoms with E-state index in [0.717, 1.165) is 38.7 Å². The third-order valence-corrected chi connectivity index (χ3v) is 4.57. The van der Waals surface area contributed by atoms with Crippen LogP contribution in [0.4, 0.5) is 0 Å². The van der Waals surface area contributed by atoms with Gasteiger partial charge < -0.3 is 15.2 Å². The summed E-state index contributed by atoms with van der Waals surface area (Å²) in [6.45, 7) is 1.39. The second kappa shape index (κ2) is 7.99. The van der Waals surface area contributed by atoms with Gasteiger partial charge in [-0.15, -0.1) is 0 Å². The van der Waals surface area contributed by atoms with E-state index < -0.39 is 5.60 Å². The summed E-state index contributed by atoms with van der Waals surface area (Å²) < 4.78 is 5.75. The van der Waals surface area contributed by atoms with Crippen LogP contribution in [0.25, 0.3) is 0 Å². The lowest BCUT2D eigenvalue weighted by Gasteiger charge is -2.31. The van der Waals surface area contributed by atoms with Crippen LogP contribution in [0.5, 0.6) is 0 Å². The molecule has 0 saturated heterocycles. The molecule has 0 radical (unpaired) electrons. The van der Waals surface area contributed by atoms with Crippen molar-refractivity contribution in [1.82, 2.24) is 5.32 Å². The smallest absolute Gasteiger partial charge is 0.222 e. The van der Waals surface area contributed by atoms with Gasteiger partial charge in [-0.3, -0.25) is 4.79 Å². The van der Waals surface area contributed by atoms with Gasteiger partial charge in [0.05, 0.1) is 18.1 Å². The highest BCUT2D eigenvalue weighted by Gasteiger charge is 2.31. The number of amides is 1. The maximum absolute atomic E-state index is 11.8. The van der Waals surface area contributed by atoms with Crippen molar-refractivity contribution in [1.29, 1.82) is 0 Å². The van der Waals surface area contributed by atoms with Gasteiger partial charge in [0.2, 0.25) is 5.91 Å². The Labute approximate surface area is 122 Å². The highest BCUT2D eigenvalue weighted by Crippen LogP contribution is 2.30. The van der Waals surface area contributed by atoms with Gasteiger partial charge >= 0.3 is 0 Å². The van der Waals surface area contributed by atoms with E-state index in [9.17, 15) is 9.90 Å². The quantitative estimate of drug-likeness (QED) is 0.706. The first-order valence-electron chi connectivity index (χ1n) is 8.29. The van der Waals surface area contributed by atoms with E-state index in [2.05, 4.69) is 5.32 Å². The Bertz CT molecular complexity index is 294. The van der Waals surface area contributed by atoms with E-state index in [1.807, 2.05) is 0 Å². The molecule has 4 nitrogen and oxygen atoms in total. The maximum Gasteiger partial charge on any atom is 0.222 e. The molecular formula is C16H29NO3. The molecule has 116 valence electrons.